The van der Waals surface area contributed by atoms with Crippen molar-refractivity contribution in [2.45, 2.75) is 19.3 Å². The number of rotatable bonds is 5. The van der Waals surface area contributed by atoms with Crippen LogP contribution in [-0.4, -0.2) is 9.97 Å². The van der Waals surface area contributed by atoms with Crippen molar-refractivity contribution < 1.29 is 0 Å². The van der Waals surface area contributed by atoms with Gasteiger partial charge in [-0.25, -0.2) is 9.97 Å². The highest BCUT2D eigenvalue weighted by molar-refractivity contribution is 6.07. The molecule has 0 N–H and O–H groups in total. The van der Waals surface area contributed by atoms with Gasteiger partial charge in [-0.15, -0.1) is 0 Å². The predicted octanol–water partition coefficient (Wildman–Crippen LogP) is 14.6. The van der Waals surface area contributed by atoms with Crippen molar-refractivity contribution in [1.82, 2.24) is 9.97 Å². The maximum absolute atomic E-state index is 5.41. The summed E-state index contributed by atoms with van der Waals surface area (Å²) >= 11 is 0. The van der Waals surface area contributed by atoms with Gasteiger partial charge in [0.05, 0.1) is 11.4 Å². The zero-order chi connectivity index (χ0) is 38.1. The molecule has 0 fully saturated rings. The fourth-order valence-corrected chi connectivity index (χ4v) is 9.31. The minimum absolute atomic E-state index is 0.0786. The fourth-order valence-electron chi connectivity index (χ4n) is 9.31. The van der Waals surface area contributed by atoms with Crippen molar-refractivity contribution in [3.8, 4) is 67.3 Å². The third-order valence-corrected chi connectivity index (χ3v) is 12.1. The zero-order valence-electron chi connectivity index (χ0n) is 31.9. The average molecular weight is 727 g/mol. The molecule has 11 rings (SSSR count). The molecule has 0 aliphatic heterocycles. The Bertz CT molecular complexity index is 3210. The van der Waals surface area contributed by atoms with Crippen LogP contribution in [0.3, 0.4) is 0 Å². The maximum atomic E-state index is 5.41. The van der Waals surface area contributed by atoms with E-state index < -0.39 is 0 Å². The van der Waals surface area contributed by atoms with Crippen molar-refractivity contribution in [3.05, 3.63) is 205 Å². The molecular formula is C55H38N2. The third-order valence-electron chi connectivity index (χ3n) is 12.1. The first-order valence-electron chi connectivity index (χ1n) is 19.7. The average Bonchev–Trinajstić information content (AvgIpc) is 3.51. The van der Waals surface area contributed by atoms with Gasteiger partial charge >= 0.3 is 0 Å². The van der Waals surface area contributed by atoms with Crippen LogP contribution >= 0.6 is 0 Å². The van der Waals surface area contributed by atoms with Gasteiger partial charge in [0.15, 0.2) is 5.82 Å². The summed E-state index contributed by atoms with van der Waals surface area (Å²) < 4.78 is 0. The molecule has 0 amide bonds. The van der Waals surface area contributed by atoms with Crippen molar-refractivity contribution in [3.63, 3.8) is 0 Å². The second kappa shape index (κ2) is 13.0. The molecule has 268 valence electrons. The number of nitrogens with zero attached hydrogens (tertiary/aromatic N) is 2. The summed E-state index contributed by atoms with van der Waals surface area (Å²) in [7, 11) is 0. The van der Waals surface area contributed by atoms with Crippen molar-refractivity contribution in [1.29, 1.82) is 0 Å². The van der Waals surface area contributed by atoms with Crippen molar-refractivity contribution >= 4 is 32.3 Å². The van der Waals surface area contributed by atoms with Gasteiger partial charge < -0.3 is 0 Å². The van der Waals surface area contributed by atoms with E-state index >= 15 is 0 Å². The Hall–Kier alpha value is -7.16. The molecule has 0 atom stereocenters. The molecular weight excluding hydrogens is 689 g/mol. The van der Waals surface area contributed by atoms with Crippen LogP contribution < -0.4 is 0 Å². The van der Waals surface area contributed by atoms with Crippen molar-refractivity contribution in [2.75, 3.05) is 0 Å². The van der Waals surface area contributed by atoms with E-state index in [2.05, 4.69) is 208 Å². The minimum atomic E-state index is -0.0786. The van der Waals surface area contributed by atoms with Gasteiger partial charge in [-0.3, -0.25) is 0 Å². The molecule has 0 unspecified atom stereocenters. The third kappa shape index (κ3) is 5.33. The molecule has 1 aliphatic carbocycles. The Morgan fingerprint density at radius 3 is 1.68 bits per heavy atom. The lowest BCUT2D eigenvalue weighted by molar-refractivity contribution is 0.661. The molecule has 0 radical (unpaired) electrons. The van der Waals surface area contributed by atoms with E-state index in [1.165, 1.54) is 54.9 Å². The van der Waals surface area contributed by atoms with Crippen LogP contribution in [0, 0.1) is 0 Å². The lowest BCUT2D eigenvalue weighted by atomic mass is 9.81. The van der Waals surface area contributed by atoms with E-state index in [1.54, 1.807) is 0 Å². The van der Waals surface area contributed by atoms with E-state index in [0.717, 1.165) is 50.0 Å². The lowest BCUT2D eigenvalue weighted by Gasteiger charge is -2.22. The maximum Gasteiger partial charge on any atom is 0.161 e. The Labute approximate surface area is 332 Å². The number of aromatic nitrogens is 2. The van der Waals surface area contributed by atoms with Gasteiger partial charge in [0.25, 0.3) is 0 Å². The summed E-state index contributed by atoms with van der Waals surface area (Å²) in [5.41, 5.74) is 15.1. The number of fused-ring (bicyclic) bond motifs is 7. The molecule has 2 nitrogen and oxygen atoms in total. The van der Waals surface area contributed by atoms with Crippen LogP contribution in [0.5, 0.6) is 0 Å². The van der Waals surface area contributed by atoms with Gasteiger partial charge in [0.2, 0.25) is 0 Å². The van der Waals surface area contributed by atoms with Crippen LogP contribution in [-0.2, 0) is 5.41 Å². The summed E-state index contributed by atoms with van der Waals surface area (Å²) in [5, 5.41) is 7.24. The topological polar surface area (TPSA) is 25.8 Å². The SMILES string of the molecule is CC1(C)c2ccc(-c3ccc(-c4cc(-c5ccccc5-c5ccccc5)nc(-c5cccc6ccccc56)n4)c4ccccc34)cc2-c2c1ccc1ccccc21. The molecule has 0 saturated carbocycles. The van der Waals surface area contributed by atoms with Gasteiger partial charge in [0.1, 0.15) is 0 Å². The van der Waals surface area contributed by atoms with Crippen LogP contribution in [0.4, 0.5) is 0 Å². The molecule has 57 heavy (non-hydrogen) atoms. The monoisotopic (exact) mass is 726 g/mol. The Balaban J connectivity index is 1.12. The molecule has 0 saturated heterocycles. The van der Waals surface area contributed by atoms with Gasteiger partial charge in [-0.1, -0.05) is 196 Å². The number of hydrogen-bond donors (Lipinski definition) is 0. The minimum Gasteiger partial charge on any atom is -0.228 e. The van der Waals surface area contributed by atoms with Crippen LogP contribution in [0.25, 0.3) is 99.6 Å². The van der Waals surface area contributed by atoms with Crippen LogP contribution in [0.2, 0.25) is 0 Å². The summed E-state index contributed by atoms with van der Waals surface area (Å²) in [6, 6.07) is 70.1. The molecule has 1 heterocycles. The first-order valence-corrected chi connectivity index (χ1v) is 19.7. The zero-order valence-corrected chi connectivity index (χ0v) is 31.9. The lowest BCUT2D eigenvalue weighted by Crippen LogP contribution is -2.14. The number of benzene rings is 9. The Kier molecular flexibility index (Phi) is 7.55. The highest BCUT2D eigenvalue weighted by Crippen LogP contribution is 2.52. The molecule has 0 bridgehead atoms. The van der Waals surface area contributed by atoms with Gasteiger partial charge in [0, 0.05) is 22.1 Å². The van der Waals surface area contributed by atoms with Gasteiger partial charge in [-0.2, -0.15) is 0 Å². The summed E-state index contributed by atoms with van der Waals surface area (Å²) in [5.74, 6) is 0.711. The standard InChI is InChI=1S/C55H38N2/c1-55(2)49-31-28-38(33-48(49)53-42-22-9-7-18-37(42)27-32-50(53)55)41-29-30-46(44-24-12-11-23-43(41)44)52-34-51(45-25-13-10-20-39(45)35-15-4-3-5-16-35)56-54(57-52)47-26-14-19-36-17-6-8-21-40(36)47/h3-34H,1-2H3. The predicted molar refractivity (Wildman–Crippen MR) is 239 cm³/mol. The summed E-state index contributed by atoms with van der Waals surface area (Å²) in [4.78, 5) is 10.8. The highest BCUT2D eigenvalue weighted by atomic mass is 14.9. The molecule has 2 heteroatoms. The molecule has 1 aliphatic rings. The first-order chi connectivity index (χ1) is 28.0. The quantitative estimate of drug-likeness (QED) is 0.176. The largest absolute Gasteiger partial charge is 0.228 e. The normalized spacial score (nSPS) is 12.9. The first kappa shape index (κ1) is 33.2. The molecule has 0 spiro atoms. The van der Waals surface area contributed by atoms with Crippen LogP contribution in [0.1, 0.15) is 25.0 Å². The van der Waals surface area contributed by atoms with E-state index in [9.17, 15) is 0 Å². The molecule has 1 aromatic heterocycles. The van der Waals surface area contributed by atoms with E-state index in [-0.39, 0.29) is 5.41 Å². The number of hydrogen-bond acceptors (Lipinski definition) is 2. The molecule has 9 aromatic carbocycles. The van der Waals surface area contributed by atoms with E-state index in [0.29, 0.717) is 5.82 Å². The highest BCUT2D eigenvalue weighted by Gasteiger charge is 2.36. The summed E-state index contributed by atoms with van der Waals surface area (Å²) in [6.45, 7) is 4.72. The second-order valence-electron chi connectivity index (χ2n) is 15.7. The van der Waals surface area contributed by atoms with Crippen LogP contribution in [0.15, 0.2) is 194 Å². The van der Waals surface area contributed by atoms with Crippen molar-refractivity contribution in [2.24, 2.45) is 0 Å². The molecule has 10 aromatic rings. The van der Waals surface area contributed by atoms with Gasteiger partial charge in [-0.05, 0) is 89.0 Å². The van der Waals surface area contributed by atoms with E-state index in [1.807, 2.05) is 0 Å². The smallest absolute Gasteiger partial charge is 0.161 e. The van der Waals surface area contributed by atoms with E-state index in [4.69, 9.17) is 9.97 Å². The second-order valence-corrected chi connectivity index (χ2v) is 15.7. The fraction of sp³-hybridized carbons (Fsp3) is 0.0545. The summed E-state index contributed by atoms with van der Waals surface area (Å²) in [6.07, 6.45) is 0. The Morgan fingerprint density at radius 1 is 0.333 bits per heavy atom. The Morgan fingerprint density at radius 2 is 0.895 bits per heavy atom.